The van der Waals surface area contributed by atoms with E-state index in [2.05, 4.69) is 44.2 Å². The molecule has 0 aliphatic carbocycles. The monoisotopic (exact) mass is 260 g/mol. The van der Waals surface area contributed by atoms with Gasteiger partial charge in [0.15, 0.2) is 0 Å². The van der Waals surface area contributed by atoms with Gasteiger partial charge in [0.2, 0.25) is 0 Å². The van der Waals surface area contributed by atoms with Crippen molar-refractivity contribution in [1.29, 1.82) is 0 Å². The second kappa shape index (κ2) is 4.93. The number of nitrogens with two attached hydrogens (primary N) is 1. The minimum absolute atomic E-state index is 0.0355. The first kappa shape index (κ1) is 14.0. The van der Waals surface area contributed by atoms with Crippen molar-refractivity contribution in [2.45, 2.75) is 52.6 Å². The van der Waals surface area contributed by atoms with Gasteiger partial charge in [-0.3, -0.25) is 4.98 Å². The largest absolute Gasteiger partial charge is 0.321 e. The number of imidazole rings is 1. The van der Waals surface area contributed by atoms with Crippen molar-refractivity contribution >= 4 is 11.0 Å². The van der Waals surface area contributed by atoms with Gasteiger partial charge in [-0.05, 0) is 39.2 Å². The van der Waals surface area contributed by atoms with Gasteiger partial charge in [0.25, 0.3) is 0 Å². The predicted octanol–water partition coefficient (Wildman–Crippen LogP) is 3.23. The van der Waals surface area contributed by atoms with Gasteiger partial charge in [-0.1, -0.05) is 13.8 Å². The van der Waals surface area contributed by atoms with E-state index in [0.717, 1.165) is 23.3 Å². The van der Waals surface area contributed by atoms with Gasteiger partial charge >= 0.3 is 0 Å². The van der Waals surface area contributed by atoms with Crippen LogP contribution >= 0.6 is 0 Å². The zero-order valence-corrected chi connectivity index (χ0v) is 12.5. The SMILES string of the molecule is CC(C)CC(N)c1nc2cnccc2n1C(C)(C)C. The maximum absolute atomic E-state index is 6.35. The molecule has 2 rings (SSSR count). The molecule has 0 saturated carbocycles. The van der Waals surface area contributed by atoms with Crippen LogP contribution in [0.5, 0.6) is 0 Å². The Morgan fingerprint density at radius 2 is 2.00 bits per heavy atom. The van der Waals surface area contributed by atoms with Crippen LogP contribution < -0.4 is 5.73 Å². The molecule has 1 atom stereocenters. The van der Waals surface area contributed by atoms with Gasteiger partial charge < -0.3 is 10.3 Å². The first-order valence-electron chi connectivity index (χ1n) is 6.89. The summed E-state index contributed by atoms with van der Waals surface area (Å²) in [5.74, 6) is 1.52. The Balaban J connectivity index is 2.59. The number of nitrogens with zero attached hydrogens (tertiary/aromatic N) is 3. The number of hydrogen-bond acceptors (Lipinski definition) is 3. The van der Waals surface area contributed by atoms with Crippen LogP contribution in [0.4, 0.5) is 0 Å². The number of fused-ring (bicyclic) bond motifs is 1. The minimum Gasteiger partial charge on any atom is -0.321 e. The number of rotatable bonds is 3. The molecule has 2 heterocycles. The molecule has 0 amide bonds. The summed E-state index contributed by atoms with van der Waals surface area (Å²) in [6.07, 6.45) is 4.56. The van der Waals surface area contributed by atoms with Crippen LogP contribution in [0.3, 0.4) is 0 Å². The Morgan fingerprint density at radius 3 is 2.58 bits per heavy atom. The molecule has 0 aliphatic heterocycles. The average molecular weight is 260 g/mol. The molecule has 0 bridgehead atoms. The van der Waals surface area contributed by atoms with Crippen molar-refractivity contribution in [3.63, 3.8) is 0 Å². The lowest BCUT2D eigenvalue weighted by atomic mass is 10.0. The van der Waals surface area contributed by atoms with E-state index >= 15 is 0 Å². The summed E-state index contributed by atoms with van der Waals surface area (Å²) in [6, 6.07) is 1.98. The highest BCUT2D eigenvalue weighted by Crippen LogP contribution is 2.29. The standard InChI is InChI=1S/C15H24N4/c1-10(2)8-11(16)14-18-12-9-17-7-6-13(12)19(14)15(3,4)5/h6-7,9-11H,8,16H2,1-5H3. The molecule has 4 nitrogen and oxygen atoms in total. The van der Waals surface area contributed by atoms with Crippen molar-refractivity contribution in [3.05, 3.63) is 24.3 Å². The van der Waals surface area contributed by atoms with Gasteiger partial charge in [0, 0.05) is 11.7 Å². The van der Waals surface area contributed by atoms with E-state index in [-0.39, 0.29) is 11.6 Å². The Bertz CT molecular complexity index is 563. The van der Waals surface area contributed by atoms with Gasteiger partial charge in [-0.25, -0.2) is 4.98 Å². The van der Waals surface area contributed by atoms with Crippen LogP contribution in [0.2, 0.25) is 0 Å². The summed E-state index contributed by atoms with van der Waals surface area (Å²) in [6.45, 7) is 10.9. The summed E-state index contributed by atoms with van der Waals surface area (Å²) < 4.78 is 2.25. The van der Waals surface area contributed by atoms with Crippen LogP contribution in [0.15, 0.2) is 18.5 Å². The molecule has 104 valence electrons. The molecule has 0 aromatic carbocycles. The van der Waals surface area contributed by atoms with Crippen LogP contribution in [-0.4, -0.2) is 14.5 Å². The smallest absolute Gasteiger partial charge is 0.127 e. The highest BCUT2D eigenvalue weighted by molar-refractivity contribution is 5.75. The minimum atomic E-state index is -0.0416. The third-order valence-electron chi connectivity index (χ3n) is 3.21. The summed E-state index contributed by atoms with van der Waals surface area (Å²) in [5, 5.41) is 0. The molecule has 0 saturated heterocycles. The third kappa shape index (κ3) is 2.78. The molecule has 0 aliphatic rings. The topological polar surface area (TPSA) is 56.7 Å². The maximum atomic E-state index is 6.35. The molecule has 2 aromatic rings. The van der Waals surface area contributed by atoms with Crippen LogP contribution in [0.1, 0.15) is 52.9 Å². The van der Waals surface area contributed by atoms with E-state index < -0.39 is 0 Å². The maximum Gasteiger partial charge on any atom is 0.127 e. The van der Waals surface area contributed by atoms with Crippen molar-refractivity contribution < 1.29 is 0 Å². The van der Waals surface area contributed by atoms with Gasteiger partial charge in [0.05, 0.1) is 17.8 Å². The predicted molar refractivity (Wildman–Crippen MR) is 78.9 cm³/mol. The fourth-order valence-corrected chi connectivity index (χ4v) is 2.52. The molecular formula is C15H24N4. The quantitative estimate of drug-likeness (QED) is 0.921. The van der Waals surface area contributed by atoms with E-state index in [0.29, 0.717) is 5.92 Å². The van der Waals surface area contributed by atoms with Gasteiger partial charge in [-0.15, -0.1) is 0 Å². The zero-order valence-electron chi connectivity index (χ0n) is 12.5. The lowest BCUT2D eigenvalue weighted by molar-refractivity contribution is 0.371. The van der Waals surface area contributed by atoms with Crippen molar-refractivity contribution in [2.24, 2.45) is 11.7 Å². The number of hydrogen-bond donors (Lipinski definition) is 1. The average Bonchev–Trinajstić information content (AvgIpc) is 2.66. The number of aromatic nitrogens is 3. The number of pyridine rings is 1. The van der Waals surface area contributed by atoms with E-state index in [9.17, 15) is 0 Å². The molecule has 0 radical (unpaired) electrons. The third-order valence-corrected chi connectivity index (χ3v) is 3.21. The summed E-state index contributed by atoms with van der Waals surface area (Å²) in [4.78, 5) is 8.86. The molecule has 2 aromatic heterocycles. The fraction of sp³-hybridized carbons (Fsp3) is 0.600. The second-order valence-electron chi connectivity index (χ2n) is 6.58. The van der Waals surface area contributed by atoms with E-state index in [4.69, 9.17) is 10.7 Å². The van der Waals surface area contributed by atoms with Crippen molar-refractivity contribution in [3.8, 4) is 0 Å². The van der Waals surface area contributed by atoms with E-state index in [1.165, 1.54) is 0 Å². The van der Waals surface area contributed by atoms with Crippen molar-refractivity contribution in [1.82, 2.24) is 14.5 Å². The molecule has 1 unspecified atom stereocenters. The van der Waals surface area contributed by atoms with Crippen LogP contribution in [0.25, 0.3) is 11.0 Å². The lowest BCUT2D eigenvalue weighted by Crippen LogP contribution is -2.28. The van der Waals surface area contributed by atoms with Crippen LogP contribution in [0, 0.1) is 5.92 Å². The molecule has 2 N–H and O–H groups in total. The van der Waals surface area contributed by atoms with Gasteiger partial charge in [0.1, 0.15) is 11.3 Å². The first-order valence-corrected chi connectivity index (χ1v) is 6.89. The normalized spacial score (nSPS) is 14.3. The molecule has 4 heteroatoms. The molecule has 19 heavy (non-hydrogen) atoms. The Kier molecular flexibility index (Phi) is 3.63. The molecule has 0 fully saturated rings. The second-order valence-corrected chi connectivity index (χ2v) is 6.58. The Labute approximate surface area is 115 Å². The van der Waals surface area contributed by atoms with E-state index in [1.807, 2.05) is 18.5 Å². The van der Waals surface area contributed by atoms with Crippen molar-refractivity contribution in [2.75, 3.05) is 0 Å². The highest BCUT2D eigenvalue weighted by Gasteiger charge is 2.25. The summed E-state index contributed by atoms with van der Waals surface area (Å²) in [5.41, 5.74) is 8.34. The Morgan fingerprint density at radius 1 is 1.32 bits per heavy atom. The lowest BCUT2D eigenvalue weighted by Gasteiger charge is -2.27. The summed E-state index contributed by atoms with van der Waals surface area (Å²) >= 11 is 0. The Hall–Kier alpha value is -1.42. The van der Waals surface area contributed by atoms with E-state index in [1.54, 1.807) is 0 Å². The molecule has 0 spiro atoms. The molecular weight excluding hydrogens is 236 g/mol. The zero-order chi connectivity index (χ0) is 14.2. The summed E-state index contributed by atoms with van der Waals surface area (Å²) in [7, 11) is 0. The highest BCUT2D eigenvalue weighted by atomic mass is 15.2. The fourth-order valence-electron chi connectivity index (χ4n) is 2.52. The van der Waals surface area contributed by atoms with Gasteiger partial charge in [-0.2, -0.15) is 0 Å². The first-order chi connectivity index (χ1) is 8.80. The van der Waals surface area contributed by atoms with Crippen LogP contribution in [-0.2, 0) is 5.54 Å².